The van der Waals surface area contributed by atoms with Gasteiger partial charge in [0.1, 0.15) is 0 Å². The first-order valence-electron chi connectivity index (χ1n) is 21.2. The molecule has 0 aliphatic heterocycles. The second-order valence-corrected chi connectivity index (χ2v) is 17.8. The highest BCUT2D eigenvalue weighted by molar-refractivity contribution is 6.03. The molecule has 1 saturated carbocycles. The lowest BCUT2D eigenvalue weighted by atomic mass is 9.62. The van der Waals surface area contributed by atoms with Gasteiger partial charge >= 0.3 is 35.8 Å². The van der Waals surface area contributed by atoms with Crippen molar-refractivity contribution < 1.29 is 68.3 Å². The lowest BCUT2D eigenvalue weighted by Crippen LogP contribution is -2.47. The van der Waals surface area contributed by atoms with Crippen molar-refractivity contribution >= 4 is 47.4 Å². The van der Waals surface area contributed by atoms with Crippen LogP contribution in [-0.4, -0.2) is 80.0 Å². The van der Waals surface area contributed by atoms with E-state index in [-0.39, 0.29) is 24.5 Å². The summed E-state index contributed by atoms with van der Waals surface area (Å²) >= 11 is 0. The Labute approximate surface area is 386 Å². The quantitative estimate of drug-likeness (QED) is 0.0507. The van der Waals surface area contributed by atoms with Crippen LogP contribution in [-0.2, 0) is 47.8 Å². The van der Waals surface area contributed by atoms with Crippen LogP contribution in [0.2, 0.25) is 0 Å². The number of allylic oxidation sites excluding steroid dienone is 19. The number of hydrogen-bond acceptors (Lipinski definition) is 10. The minimum absolute atomic E-state index is 0.156. The van der Waals surface area contributed by atoms with E-state index in [1.54, 1.807) is 13.8 Å². The van der Waals surface area contributed by atoms with Crippen LogP contribution in [0.25, 0.3) is 0 Å². The molecule has 0 spiro atoms. The molecule has 0 bridgehead atoms. The molecule has 0 amide bonds. The molecule has 4 N–H and O–H groups in total. The fourth-order valence-electron chi connectivity index (χ4n) is 7.53. The number of Topliss-reactive ketones (excluding diaryl/α,β-unsaturated/α-hetero) is 2. The first-order valence-corrected chi connectivity index (χ1v) is 21.2. The van der Waals surface area contributed by atoms with Crippen LogP contribution in [0, 0.1) is 22.7 Å². The second kappa shape index (κ2) is 24.9. The Morgan fingerprint density at radius 1 is 0.621 bits per heavy atom. The summed E-state index contributed by atoms with van der Waals surface area (Å²) in [7, 11) is 0. The Hall–Kier alpha value is -6.96. The highest BCUT2D eigenvalue weighted by Crippen LogP contribution is 2.44. The van der Waals surface area contributed by atoms with Crippen LogP contribution in [0.1, 0.15) is 94.9 Å². The topological polar surface area (TPSA) is 236 Å². The van der Waals surface area contributed by atoms with Gasteiger partial charge < -0.3 is 29.9 Å². The van der Waals surface area contributed by atoms with Gasteiger partial charge in [-0.2, -0.15) is 0 Å². The molecule has 0 aromatic rings. The molecule has 0 saturated heterocycles. The number of carbonyl (C=O) groups excluding carboxylic acids is 4. The van der Waals surface area contributed by atoms with Gasteiger partial charge in [0.2, 0.25) is 0 Å². The maximum absolute atomic E-state index is 13.2. The molecular weight excluding hydrogens is 849 g/mol. The molecule has 2 rings (SSSR count). The fourth-order valence-corrected chi connectivity index (χ4v) is 7.53. The van der Waals surface area contributed by atoms with Crippen molar-refractivity contribution in [1.82, 2.24) is 0 Å². The zero-order valence-electron chi connectivity index (χ0n) is 39.2. The van der Waals surface area contributed by atoms with Crippen LogP contribution in [0.15, 0.2) is 142 Å². The maximum atomic E-state index is 13.2. The molecule has 66 heavy (non-hydrogen) atoms. The average Bonchev–Trinajstić information content (AvgIpc) is 3.19. The molecule has 2 aliphatic rings. The van der Waals surface area contributed by atoms with E-state index in [1.165, 1.54) is 0 Å². The van der Waals surface area contributed by atoms with Crippen molar-refractivity contribution in [3.05, 3.63) is 142 Å². The monoisotopic (exact) mass is 910 g/mol. The van der Waals surface area contributed by atoms with Crippen LogP contribution in [0.4, 0.5) is 0 Å². The molecule has 2 aliphatic carbocycles. The van der Waals surface area contributed by atoms with Crippen molar-refractivity contribution in [2.45, 2.75) is 107 Å². The Kier molecular flexibility index (Phi) is 20.8. The summed E-state index contributed by atoms with van der Waals surface area (Å²) in [4.78, 5) is 95.7. The zero-order valence-corrected chi connectivity index (χ0v) is 39.2. The molecule has 14 heteroatoms. The molecule has 0 radical (unpaired) electrons. The lowest BCUT2D eigenvalue weighted by Gasteiger charge is -2.43. The van der Waals surface area contributed by atoms with Crippen molar-refractivity contribution in [3.8, 4) is 0 Å². The zero-order chi connectivity index (χ0) is 50.1. The second-order valence-electron chi connectivity index (χ2n) is 17.8. The van der Waals surface area contributed by atoms with E-state index >= 15 is 0 Å². The van der Waals surface area contributed by atoms with Crippen molar-refractivity contribution in [1.29, 1.82) is 0 Å². The van der Waals surface area contributed by atoms with Crippen molar-refractivity contribution in [3.63, 3.8) is 0 Å². The van der Waals surface area contributed by atoms with Gasteiger partial charge in [0.25, 0.3) is 0 Å². The summed E-state index contributed by atoms with van der Waals surface area (Å²) in [5.41, 5.74) is 2.75. The number of ether oxygens (including phenoxy) is 2. The van der Waals surface area contributed by atoms with E-state index in [2.05, 4.69) is 0 Å². The largest absolute Gasteiger partial charge is 0.481 e. The number of carbonyl (C=O) groups is 8. The molecule has 4 atom stereocenters. The fraction of sp³-hybridized carbons (Fsp3) is 0.385. The smallest absolute Gasteiger partial charge is 0.332 e. The first kappa shape index (κ1) is 55.2. The third kappa shape index (κ3) is 17.9. The number of carboxylic acids is 4. The Bertz CT molecular complexity index is 2320. The Morgan fingerprint density at radius 2 is 1.05 bits per heavy atom. The third-order valence-electron chi connectivity index (χ3n) is 11.1. The van der Waals surface area contributed by atoms with E-state index in [0.29, 0.717) is 17.7 Å². The van der Waals surface area contributed by atoms with Crippen LogP contribution < -0.4 is 0 Å². The van der Waals surface area contributed by atoms with Gasteiger partial charge in [-0.05, 0) is 68.9 Å². The number of ketones is 2. The van der Waals surface area contributed by atoms with Crippen LogP contribution >= 0.6 is 0 Å². The summed E-state index contributed by atoms with van der Waals surface area (Å²) in [6, 6.07) is 0. The van der Waals surface area contributed by atoms with Gasteiger partial charge in [-0.25, -0.2) is 19.2 Å². The molecule has 0 aromatic heterocycles. The van der Waals surface area contributed by atoms with Gasteiger partial charge in [0, 0.05) is 24.5 Å². The van der Waals surface area contributed by atoms with E-state index in [9.17, 15) is 48.6 Å². The summed E-state index contributed by atoms with van der Waals surface area (Å²) in [6.07, 6.45) is 24.7. The molecule has 14 nitrogen and oxygen atoms in total. The van der Waals surface area contributed by atoms with Crippen molar-refractivity contribution in [2.75, 3.05) is 0 Å². The van der Waals surface area contributed by atoms with E-state index in [1.807, 2.05) is 140 Å². The standard InChI is InChI=1S/C52H62O14/c1-31(17-13-19-33(3)21-23-39-35(5)47(59)41(29-51(39,7)8)65-45(57)27-37(49(61)62)25-43(53)54)15-11-12-16-32(2)18-14-20-34(4)22-24-40-36(6)48(60)42(30-52(40,9)10)66-46(58)28-38(50(63)64)26-44(55)56/h11-24,27-28,35,39,41-42H,25-26,29-30H2,1-10H3,(H,53,54)(H,55,56)(H,61,62)(H,63,64)/b12-11+,17-13+,18-14+,23-21+,24-22+,31-15+,32-16+,33-19+,34-20+,37-27-,38-28-. The Balaban J connectivity index is 2.00. The van der Waals surface area contributed by atoms with Gasteiger partial charge in [-0.15, -0.1) is 0 Å². The van der Waals surface area contributed by atoms with E-state index in [0.717, 1.165) is 27.9 Å². The highest BCUT2D eigenvalue weighted by atomic mass is 16.6. The minimum Gasteiger partial charge on any atom is -0.481 e. The molecule has 1 fully saturated rings. The number of esters is 2. The molecule has 354 valence electrons. The molecule has 0 heterocycles. The number of rotatable bonds is 20. The van der Waals surface area contributed by atoms with Crippen LogP contribution in [0.5, 0.6) is 0 Å². The van der Waals surface area contributed by atoms with Crippen molar-refractivity contribution in [2.24, 2.45) is 22.7 Å². The summed E-state index contributed by atoms with van der Waals surface area (Å²) < 4.78 is 10.6. The predicted octanol–water partition coefficient (Wildman–Crippen LogP) is 8.91. The SMILES string of the molecule is CC1=C(/C=C/C(C)=C/C=C/C(C)=C/C=C/C=C(C)/C=C/C=C(C)/C=C/C2C(C)C(=O)C(OC(=O)/C=C(/CC(=O)O)C(=O)O)CC2(C)C)C(C)(C)CC(OC(=O)/C=C(/CC(=O)O)C(=O)O)C1=O. The third-order valence-corrected chi connectivity index (χ3v) is 11.1. The minimum atomic E-state index is -1.57. The molecule has 4 unspecified atom stereocenters. The van der Waals surface area contributed by atoms with Gasteiger partial charge in [0.05, 0.1) is 24.0 Å². The normalized spacial score (nSPS) is 22.6. The number of aliphatic carboxylic acids is 4. The van der Waals surface area contributed by atoms with Crippen LogP contribution in [0.3, 0.4) is 0 Å². The Morgan fingerprint density at radius 3 is 1.50 bits per heavy atom. The summed E-state index contributed by atoms with van der Waals surface area (Å²) in [5.74, 6) is -9.50. The predicted molar refractivity (Wildman–Crippen MR) is 249 cm³/mol. The summed E-state index contributed by atoms with van der Waals surface area (Å²) in [5, 5.41) is 36.2. The van der Waals surface area contributed by atoms with Gasteiger partial charge in [-0.3, -0.25) is 19.2 Å². The van der Waals surface area contributed by atoms with Gasteiger partial charge in [0.15, 0.2) is 23.8 Å². The maximum Gasteiger partial charge on any atom is 0.332 e. The highest BCUT2D eigenvalue weighted by Gasteiger charge is 2.46. The van der Waals surface area contributed by atoms with Gasteiger partial charge in [-0.1, -0.05) is 142 Å². The number of carboxylic acid groups (broad SMARTS) is 4. The average molecular weight is 911 g/mol. The van der Waals surface area contributed by atoms with E-state index in [4.69, 9.17) is 19.7 Å². The lowest BCUT2D eigenvalue weighted by molar-refractivity contribution is -0.159. The molecule has 0 aromatic carbocycles. The first-order chi connectivity index (χ1) is 30.6. The number of hydrogen-bond donors (Lipinski definition) is 4. The van der Waals surface area contributed by atoms with E-state index < -0.39 is 94.5 Å². The summed E-state index contributed by atoms with van der Waals surface area (Å²) in [6.45, 7) is 19.0. The molecular formula is C52H62O14.